The van der Waals surface area contributed by atoms with Crippen LogP contribution in [0.5, 0.6) is 0 Å². The van der Waals surface area contributed by atoms with Gasteiger partial charge in [0.05, 0.1) is 18.4 Å². The number of carboxylic acid groups (broad SMARTS) is 1. The molecule has 0 saturated carbocycles. The molecular formula is C18H24O5S. The Balaban J connectivity index is 2.01. The fourth-order valence-corrected chi connectivity index (χ4v) is 3.05. The normalized spacial score (nSPS) is 10.4. The molecule has 0 spiro atoms. The zero-order chi connectivity index (χ0) is 17.8. The number of unbranched alkanes of at least 4 members (excludes halogenated alkanes) is 3. The maximum absolute atomic E-state index is 11.4. The predicted octanol–water partition coefficient (Wildman–Crippen LogP) is 3.35. The summed E-state index contributed by atoms with van der Waals surface area (Å²) in [5.41, 5.74) is 1.47. The summed E-state index contributed by atoms with van der Waals surface area (Å²) in [6.45, 7) is 0. The lowest BCUT2D eigenvalue weighted by atomic mass is 10.0. The van der Waals surface area contributed by atoms with E-state index in [1.54, 1.807) is 23.9 Å². The molecule has 1 N–H and O–H groups in total. The van der Waals surface area contributed by atoms with Crippen LogP contribution in [0.15, 0.2) is 24.3 Å². The van der Waals surface area contributed by atoms with Crippen molar-refractivity contribution in [2.24, 2.45) is 0 Å². The smallest absolute Gasteiger partial charge is 0.335 e. The summed E-state index contributed by atoms with van der Waals surface area (Å²) in [5.74, 6) is -0.177. The summed E-state index contributed by atoms with van der Waals surface area (Å²) in [5, 5.41) is 8.84. The number of carboxylic acids is 1. The van der Waals surface area contributed by atoms with Crippen molar-refractivity contribution in [2.75, 3.05) is 18.6 Å². The first-order valence-electron chi connectivity index (χ1n) is 8.01. The largest absolute Gasteiger partial charge is 0.478 e. The van der Waals surface area contributed by atoms with Gasteiger partial charge in [-0.25, -0.2) is 4.79 Å². The van der Waals surface area contributed by atoms with Crippen LogP contribution < -0.4 is 0 Å². The van der Waals surface area contributed by atoms with Gasteiger partial charge in [0.1, 0.15) is 6.42 Å². The fourth-order valence-electron chi connectivity index (χ4n) is 2.17. The number of aryl methyl sites for hydroxylation is 1. The van der Waals surface area contributed by atoms with Crippen LogP contribution in [-0.4, -0.2) is 41.4 Å². The van der Waals surface area contributed by atoms with E-state index in [9.17, 15) is 14.4 Å². The third-order valence-corrected chi connectivity index (χ3v) is 4.64. The molecule has 0 radical (unpaired) electrons. The van der Waals surface area contributed by atoms with Gasteiger partial charge in [0.15, 0.2) is 5.78 Å². The molecule has 6 heteroatoms. The first kappa shape index (κ1) is 20.2. The van der Waals surface area contributed by atoms with Crippen LogP contribution in [0.1, 0.15) is 48.0 Å². The lowest BCUT2D eigenvalue weighted by Gasteiger charge is -2.03. The summed E-state index contributed by atoms with van der Waals surface area (Å²) in [7, 11) is 1.28. The Kier molecular flexibility index (Phi) is 9.84. The highest BCUT2D eigenvalue weighted by Gasteiger charge is 2.08. The molecule has 0 aliphatic carbocycles. The van der Waals surface area contributed by atoms with Gasteiger partial charge >= 0.3 is 11.9 Å². The van der Waals surface area contributed by atoms with Crippen molar-refractivity contribution in [3.8, 4) is 0 Å². The first-order chi connectivity index (χ1) is 11.5. The van der Waals surface area contributed by atoms with Crippen LogP contribution >= 0.6 is 11.8 Å². The summed E-state index contributed by atoms with van der Waals surface area (Å²) < 4.78 is 4.45. The van der Waals surface area contributed by atoms with Crippen molar-refractivity contribution in [1.82, 2.24) is 0 Å². The zero-order valence-electron chi connectivity index (χ0n) is 14.0. The molecule has 1 aromatic carbocycles. The Morgan fingerprint density at radius 3 is 2.33 bits per heavy atom. The zero-order valence-corrected chi connectivity index (χ0v) is 14.8. The van der Waals surface area contributed by atoms with Gasteiger partial charge in [-0.05, 0) is 42.7 Å². The molecule has 1 aromatic rings. The highest BCUT2D eigenvalue weighted by atomic mass is 32.2. The number of carbonyl (C=O) groups is 3. The number of aromatic carboxylic acids is 1. The molecule has 0 fully saturated rings. The molecule has 132 valence electrons. The van der Waals surface area contributed by atoms with Crippen molar-refractivity contribution in [1.29, 1.82) is 0 Å². The second kappa shape index (κ2) is 11.7. The molecule has 5 nitrogen and oxygen atoms in total. The number of rotatable bonds is 12. The lowest BCUT2D eigenvalue weighted by Crippen LogP contribution is -2.11. The minimum absolute atomic E-state index is 0.0864. The van der Waals surface area contributed by atoms with E-state index in [1.807, 2.05) is 12.1 Å². The summed E-state index contributed by atoms with van der Waals surface area (Å²) in [6, 6.07) is 7.01. The number of benzene rings is 1. The number of ether oxygens (including phenoxy) is 1. The number of Topliss-reactive ketones (excluding diaryl/α,β-unsaturated/α-hetero) is 1. The maximum Gasteiger partial charge on any atom is 0.335 e. The molecular weight excluding hydrogens is 328 g/mol. The minimum atomic E-state index is -0.899. The van der Waals surface area contributed by atoms with E-state index in [0.29, 0.717) is 11.3 Å². The molecule has 0 unspecified atom stereocenters. The van der Waals surface area contributed by atoms with Gasteiger partial charge in [0.2, 0.25) is 0 Å². The molecule has 24 heavy (non-hydrogen) atoms. The SMILES string of the molecule is COC(=O)CC(=O)CSCCCCCCc1ccc(C(=O)O)cc1. The Morgan fingerprint density at radius 2 is 1.71 bits per heavy atom. The lowest BCUT2D eigenvalue weighted by molar-refractivity contribution is -0.142. The summed E-state index contributed by atoms with van der Waals surface area (Å²) in [4.78, 5) is 33.1. The van der Waals surface area contributed by atoms with E-state index in [4.69, 9.17) is 5.11 Å². The third kappa shape index (κ3) is 8.72. The Hall–Kier alpha value is -1.82. The molecule has 0 saturated heterocycles. The minimum Gasteiger partial charge on any atom is -0.478 e. The number of methoxy groups -OCH3 is 1. The van der Waals surface area contributed by atoms with Crippen LogP contribution in [0, 0.1) is 0 Å². The number of hydrogen-bond donors (Lipinski definition) is 1. The van der Waals surface area contributed by atoms with Crippen LogP contribution in [0.25, 0.3) is 0 Å². The predicted molar refractivity (Wildman–Crippen MR) is 94.5 cm³/mol. The van der Waals surface area contributed by atoms with E-state index in [2.05, 4.69) is 4.74 Å². The quantitative estimate of drug-likeness (QED) is 0.353. The number of hydrogen-bond acceptors (Lipinski definition) is 5. The third-order valence-electron chi connectivity index (χ3n) is 3.54. The molecule has 0 aliphatic heterocycles. The average Bonchev–Trinajstić information content (AvgIpc) is 2.57. The van der Waals surface area contributed by atoms with Crippen LogP contribution in [0.2, 0.25) is 0 Å². The Labute approximate surface area is 146 Å². The van der Waals surface area contributed by atoms with E-state index < -0.39 is 11.9 Å². The van der Waals surface area contributed by atoms with Gasteiger partial charge in [-0.2, -0.15) is 11.8 Å². The van der Waals surface area contributed by atoms with E-state index in [0.717, 1.165) is 43.4 Å². The standard InChI is InChI=1S/C18H24O5S/c1-23-17(20)12-16(19)13-24-11-5-3-2-4-6-14-7-9-15(10-8-14)18(21)22/h7-10H,2-6,11-13H2,1H3,(H,21,22). The van der Waals surface area contributed by atoms with Crippen molar-refractivity contribution in [3.05, 3.63) is 35.4 Å². The Bertz CT molecular complexity index is 539. The number of esters is 1. The molecule has 0 bridgehead atoms. The van der Waals surface area contributed by atoms with Crippen molar-refractivity contribution >= 4 is 29.5 Å². The van der Waals surface area contributed by atoms with Crippen LogP contribution in [0.4, 0.5) is 0 Å². The molecule has 0 aromatic heterocycles. The monoisotopic (exact) mass is 352 g/mol. The summed E-state index contributed by atoms with van der Waals surface area (Å²) >= 11 is 1.56. The van der Waals surface area contributed by atoms with Gasteiger partial charge in [-0.3, -0.25) is 9.59 Å². The topological polar surface area (TPSA) is 80.7 Å². The van der Waals surface area contributed by atoms with Crippen molar-refractivity contribution in [2.45, 2.75) is 38.5 Å². The van der Waals surface area contributed by atoms with Gasteiger partial charge in [0, 0.05) is 0 Å². The van der Waals surface area contributed by atoms with E-state index in [-0.39, 0.29) is 12.2 Å². The first-order valence-corrected chi connectivity index (χ1v) is 9.17. The molecule has 0 atom stereocenters. The average molecular weight is 352 g/mol. The van der Waals surface area contributed by atoms with Crippen LogP contribution in [0.3, 0.4) is 0 Å². The fraction of sp³-hybridized carbons (Fsp3) is 0.500. The second-order valence-corrected chi connectivity index (χ2v) is 6.62. The highest BCUT2D eigenvalue weighted by molar-refractivity contribution is 7.99. The van der Waals surface area contributed by atoms with Gasteiger partial charge in [-0.1, -0.05) is 25.0 Å². The Morgan fingerprint density at radius 1 is 1.04 bits per heavy atom. The van der Waals surface area contributed by atoms with Gasteiger partial charge in [0.25, 0.3) is 0 Å². The molecule has 0 aliphatic rings. The van der Waals surface area contributed by atoms with Crippen molar-refractivity contribution in [3.63, 3.8) is 0 Å². The number of ketones is 1. The summed E-state index contributed by atoms with van der Waals surface area (Å²) in [6.07, 6.45) is 5.14. The second-order valence-electron chi connectivity index (χ2n) is 5.51. The highest BCUT2D eigenvalue weighted by Crippen LogP contribution is 2.12. The van der Waals surface area contributed by atoms with Crippen molar-refractivity contribution < 1.29 is 24.2 Å². The molecule has 0 amide bonds. The van der Waals surface area contributed by atoms with Crippen LogP contribution in [-0.2, 0) is 20.7 Å². The van der Waals surface area contributed by atoms with Gasteiger partial charge in [-0.15, -0.1) is 0 Å². The molecule has 0 heterocycles. The van der Waals surface area contributed by atoms with E-state index >= 15 is 0 Å². The molecule has 1 rings (SSSR count). The van der Waals surface area contributed by atoms with Gasteiger partial charge < -0.3 is 9.84 Å². The maximum atomic E-state index is 11.4. The van der Waals surface area contributed by atoms with E-state index in [1.165, 1.54) is 7.11 Å². The number of thioether (sulfide) groups is 1. The number of carbonyl (C=O) groups excluding carboxylic acids is 2.